The molecule has 2 nitrogen and oxygen atoms in total. The van der Waals surface area contributed by atoms with Gasteiger partial charge in [0.2, 0.25) is 0 Å². The second kappa shape index (κ2) is 6.74. The van der Waals surface area contributed by atoms with Gasteiger partial charge in [0.15, 0.2) is 0 Å². The highest BCUT2D eigenvalue weighted by molar-refractivity contribution is 5.79. The first-order valence-corrected chi connectivity index (χ1v) is 12.0. The molecule has 0 heterocycles. The summed E-state index contributed by atoms with van der Waals surface area (Å²) >= 11 is 0. The molecule has 5 aliphatic rings. The van der Waals surface area contributed by atoms with E-state index in [1.807, 2.05) is 6.92 Å². The van der Waals surface area contributed by atoms with Crippen LogP contribution in [0.1, 0.15) is 91.4 Å². The van der Waals surface area contributed by atoms with Crippen molar-refractivity contribution in [2.45, 2.75) is 97.5 Å². The number of carbonyl (C=O) groups is 1. The lowest BCUT2D eigenvalue weighted by Gasteiger charge is -2.57. The van der Waals surface area contributed by atoms with Crippen LogP contribution in [0.2, 0.25) is 0 Å². The first kappa shape index (κ1) is 18.9. The van der Waals surface area contributed by atoms with Crippen LogP contribution >= 0.6 is 0 Å². The highest BCUT2D eigenvalue weighted by Crippen LogP contribution is 2.66. The predicted molar refractivity (Wildman–Crippen MR) is 113 cm³/mol. The molecule has 3 fully saturated rings. The van der Waals surface area contributed by atoms with Gasteiger partial charge in [0.25, 0.3) is 0 Å². The van der Waals surface area contributed by atoms with Gasteiger partial charge in [-0.25, -0.2) is 0 Å². The van der Waals surface area contributed by atoms with Crippen LogP contribution in [0.4, 0.5) is 0 Å². The number of hydrogen-bond donors (Lipinski definition) is 0. The van der Waals surface area contributed by atoms with Crippen molar-refractivity contribution in [3.8, 4) is 0 Å². The maximum absolute atomic E-state index is 12.3. The van der Waals surface area contributed by atoms with Crippen LogP contribution in [-0.4, -0.2) is 11.9 Å². The summed E-state index contributed by atoms with van der Waals surface area (Å²) in [7, 11) is 0. The summed E-state index contributed by atoms with van der Waals surface area (Å²) < 4.78 is 6.39. The zero-order valence-corrected chi connectivity index (χ0v) is 18.1. The fourth-order valence-electron chi connectivity index (χ4n) is 8.28. The Kier molecular flexibility index (Phi) is 4.56. The highest BCUT2D eigenvalue weighted by Gasteiger charge is 2.59. The van der Waals surface area contributed by atoms with Crippen molar-refractivity contribution in [2.24, 2.45) is 34.5 Å². The van der Waals surface area contributed by atoms with E-state index < -0.39 is 0 Å². The van der Waals surface area contributed by atoms with Crippen molar-refractivity contribution in [1.82, 2.24) is 0 Å². The number of carbonyl (C=O) groups excluding carboxylic acids is 1. The van der Waals surface area contributed by atoms with E-state index in [0.29, 0.717) is 23.2 Å². The summed E-state index contributed by atoms with van der Waals surface area (Å²) in [6.45, 7) is 6.82. The molecule has 0 aromatic heterocycles. The normalized spacial score (nSPS) is 45.5. The maximum Gasteiger partial charge on any atom is 0.133 e. The Labute approximate surface area is 171 Å². The summed E-state index contributed by atoms with van der Waals surface area (Å²) in [5.41, 5.74) is 2.15. The monoisotopic (exact) mass is 382 g/mol. The maximum atomic E-state index is 12.3. The van der Waals surface area contributed by atoms with E-state index in [1.165, 1.54) is 63.5 Å². The molecule has 6 atom stereocenters. The number of hydrogen-bond acceptors (Lipinski definition) is 2. The van der Waals surface area contributed by atoms with Gasteiger partial charge in [-0.15, -0.1) is 0 Å². The minimum absolute atomic E-state index is 0.260. The molecule has 0 bridgehead atoms. The summed E-state index contributed by atoms with van der Waals surface area (Å²) in [6, 6.07) is 0. The van der Waals surface area contributed by atoms with Gasteiger partial charge >= 0.3 is 0 Å². The Morgan fingerprint density at radius 1 is 1.04 bits per heavy atom. The molecule has 0 amide bonds. The molecule has 154 valence electrons. The predicted octanol–water partition coefficient (Wildman–Crippen LogP) is 6.61. The molecule has 0 saturated heterocycles. The Balaban J connectivity index is 1.39. The molecule has 5 rings (SSSR count). The van der Waals surface area contributed by atoms with Crippen LogP contribution < -0.4 is 0 Å². The number of rotatable bonds is 3. The van der Waals surface area contributed by atoms with Gasteiger partial charge in [0.1, 0.15) is 5.78 Å². The van der Waals surface area contributed by atoms with Crippen LogP contribution in [0.5, 0.6) is 0 Å². The number of allylic oxidation sites excluding steroid dienone is 4. The van der Waals surface area contributed by atoms with E-state index in [-0.39, 0.29) is 5.41 Å². The quantitative estimate of drug-likeness (QED) is 0.549. The van der Waals surface area contributed by atoms with E-state index in [9.17, 15) is 4.79 Å². The van der Waals surface area contributed by atoms with Gasteiger partial charge in [-0.3, -0.25) is 4.79 Å². The molecule has 28 heavy (non-hydrogen) atoms. The van der Waals surface area contributed by atoms with E-state index in [2.05, 4.69) is 26.0 Å². The first-order valence-electron chi connectivity index (χ1n) is 12.0. The minimum atomic E-state index is 0.260. The van der Waals surface area contributed by atoms with Gasteiger partial charge in [0.05, 0.1) is 11.9 Å². The average Bonchev–Trinajstić information content (AvgIpc) is 3.28. The second-order valence-electron chi connectivity index (χ2n) is 11.1. The Hall–Kier alpha value is -1.05. The summed E-state index contributed by atoms with van der Waals surface area (Å²) in [6.07, 6.45) is 19.2. The molecule has 0 unspecified atom stereocenters. The molecule has 0 aromatic carbocycles. The Morgan fingerprint density at radius 2 is 1.82 bits per heavy atom. The van der Waals surface area contributed by atoms with Crippen LogP contribution in [0.25, 0.3) is 0 Å². The van der Waals surface area contributed by atoms with Gasteiger partial charge in [-0.2, -0.15) is 0 Å². The van der Waals surface area contributed by atoms with E-state index in [0.717, 1.165) is 30.6 Å². The zero-order valence-electron chi connectivity index (χ0n) is 18.1. The lowest BCUT2D eigenvalue weighted by molar-refractivity contribution is -0.127. The standard InChI is InChI=1S/C26H38O2/c1-17(27)22-10-11-23-21-9-8-18-16-20(28-19-6-4-5-7-19)12-14-25(18,2)24(21)13-15-26(22,23)3/h8,16,19,21-24H,4-7,9-15H2,1-3H3/t21-,22+,23-,24-,25+,26-/m1/s1. The molecule has 0 aliphatic heterocycles. The lowest BCUT2D eigenvalue weighted by atomic mass is 9.48. The van der Waals surface area contributed by atoms with E-state index >= 15 is 0 Å². The van der Waals surface area contributed by atoms with Gasteiger partial charge in [-0.05, 0) is 111 Å². The van der Waals surface area contributed by atoms with Gasteiger partial charge in [-0.1, -0.05) is 19.9 Å². The molecule has 0 aromatic rings. The molecular weight excluding hydrogens is 344 g/mol. The minimum Gasteiger partial charge on any atom is -0.495 e. The molecule has 0 spiro atoms. The van der Waals surface area contributed by atoms with Crippen molar-refractivity contribution >= 4 is 5.78 Å². The van der Waals surface area contributed by atoms with Crippen molar-refractivity contribution in [1.29, 1.82) is 0 Å². The van der Waals surface area contributed by atoms with Crippen molar-refractivity contribution in [3.05, 3.63) is 23.5 Å². The van der Waals surface area contributed by atoms with Crippen LogP contribution in [0.3, 0.4) is 0 Å². The SMILES string of the molecule is CC(=O)[C@@H]1CC[C@@H]2[C@H]3CC=C4C=C(OC5CCCC5)CC[C@]4(C)[C@@H]3CC[C@@]21C. The van der Waals surface area contributed by atoms with Gasteiger partial charge < -0.3 is 4.74 Å². The second-order valence-corrected chi connectivity index (χ2v) is 11.1. The van der Waals surface area contributed by atoms with Gasteiger partial charge in [0, 0.05) is 12.3 Å². The molecular formula is C26H38O2. The number of ketones is 1. The smallest absolute Gasteiger partial charge is 0.133 e. The number of ether oxygens (including phenoxy) is 1. The Bertz CT molecular complexity index is 712. The highest BCUT2D eigenvalue weighted by atomic mass is 16.5. The van der Waals surface area contributed by atoms with Crippen LogP contribution in [0.15, 0.2) is 23.5 Å². The third kappa shape index (κ3) is 2.76. The average molecular weight is 383 g/mol. The first-order chi connectivity index (χ1) is 13.4. The number of Topliss-reactive ketones (excluding diaryl/α,β-unsaturated/α-hetero) is 1. The van der Waals surface area contributed by atoms with Crippen molar-refractivity contribution in [3.63, 3.8) is 0 Å². The Morgan fingerprint density at radius 3 is 2.57 bits per heavy atom. The molecule has 2 heteroatoms. The summed E-state index contributed by atoms with van der Waals surface area (Å²) in [5.74, 6) is 4.33. The lowest BCUT2D eigenvalue weighted by Crippen LogP contribution is -2.49. The fraction of sp³-hybridized carbons (Fsp3) is 0.808. The van der Waals surface area contributed by atoms with E-state index in [1.54, 1.807) is 5.57 Å². The summed E-state index contributed by atoms with van der Waals surface area (Å²) in [4.78, 5) is 12.3. The zero-order chi connectivity index (χ0) is 19.5. The van der Waals surface area contributed by atoms with Crippen molar-refractivity contribution in [2.75, 3.05) is 0 Å². The molecule has 0 N–H and O–H groups in total. The van der Waals surface area contributed by atoms with E-state index in [4.69, 9.17) is 4.74 Å². The molecule has 0 radical (unpaired) electrons. The molecule has 3 saturated carbocycles. The fourth-order valence-corrected chi connectivity index (χ4v) is 8.28. The van der Waals surface area contributed by atoms with Crippen LogP contribution in [0, 0.1) is 34.5 Å². The molecule has 5 aliphatic carbocycles. The topological polar surface area (TPSA) is 26.3 Å². The third-order valence-electron chi connectivity index (χ3n) is 9.84. The van der Waals surface area contributed by atoms with Crippen molar-refractivity contribution < 1.29 is 9.53 Å². The van der Waals surface area contributed by atoms with Crippen LogP contribution in [-0.2, 0) is 9.53 Å². The number of fused-ring (bicyclic) bond motifs is 5. The third-order valence-corrected chi connectivity index (χ3v) is 9.84. The largest absolute Gasteiger partial charge is 0.495 e. The summed E-state index contributed by atoms with van der Waals surface area (Å²) in [5, 5.41) is 0.